The van der Waals surface area contributed by atoms with Crippen LogP contribution in [0.25, 0.3) is 0 Å². The summed E-state index contributed by atoms with van der Waals surface area (Å²) in [4.78, 5) is 12.6. The smallest absolute Gasteiger partial charge is 0.187 e. The maximum atomic E-state index is 12.6. The minimum Gasteiger partial charge on any atom is -0.292 e. The van der Waals surface area contributed by atoms with Gasteiger partial charge in [0, 0.05) is 12.5 Å². The van der Waals surface area contributed by atoms with Crippen molar-refractivity contribution in [2.75, 3.05) is 5.01 Å². The van der Waals surface area contributed by atoms with Crippen LogP contribution < -0.4 is 5.01 Å². The molecule has 6 rings (SSSR count). The van der Waals surface area contributed by atoms with E-state index in [1.54, 1.807) is 18.7 Å². The highest BCUT2D eigenvalue weighted by atomic mass is 32.2. The molecule has 2 heterocycles. The average Bonchev–Trinajstić information content (AvgIpc) is 3.43. The molecule has 0 saturated heterocycles. The minimum absolute atomic E-state index is 0.0148. The number of Topliss-reactive ketones (excluding diaryl/α,β-unsaturated/α-hetero) is 1. The van der Waals surface area contributed by atoms with Gasteiger partial charge in [-0.1, -0.05) is 126 Å². The van der Waals surface area contributed by atoms with Crippen molar-refractivity contribution in [3.05, 3.63) is 137 Å². The van der Waals surface area contributed by atoms with Crippen LogP contribution in [-0.4, -0.2) is 10.8 Å². The van der Waals surface area contributed by atoms with Crippen LogP contribution in [0.3, 0.4) is 0 Å². The number of nitrogens with zero attached hydrogens (tertiary/aromatic N) is 2. The summed E-state index contributed by atoms with van der Waals surface area (Å²) in [6.45, 7) is 3.68. The van der Waals surface area contributed by atoms with Gasteiger partial charge in [-0.25, -0.2) is 5.01 Å². The maximum Gasteiger partial charge on any atom is 0.187 e. The van der Waals surface area contributed by atoms with Crippen LogP contribution in [0.2, 0.25) is 0 Å². The molecule has 0 saturated carbocycles. The highest BCUT2D eigenvalue weighted by molar-refractivity contribution is 8.27. The first-order valence-corrected chi connectivity index (χ1v) is 13.2. The number of thioether (sulfide) groups is 2. The number of hydrogen-bond acceptors (Lipinski definition) is 5. The Labute approximate surface area is 214 Å². The summed E-state index contributed by atoms with van der Waals surface area (Å²) in [6, 6.07) is 38.4. The average molecular weight is 493 g/mol. The molecule has 2 aliphatic heterocycles. The Morgan fingerprint density at radius 3 is 1.86 bits per heavy atom. The SMILES string of the molecule is CC(=O)C1=NN(c2ccc(C)cc2)C2(S1)SC(c1ccccc1)(c1ccccc1)c1ccccc12. The van der Waals surface area contributed by atoms with E-state index >= 15 is 0 Å². The number of rotatable bonds is 4. The molecule has 1 spiro atoms. The lowest BCUT2D eigenvalue weighted by Crippen LogP contribution is -2.34. The summed E-state index contributed by atoms with van der Waals surface area (Å²) in [6.07, 6.45) is 0. The molecule has 3 nitrogen and oxygen atoms in total. The van der Waals surface area contributed by atoms with Crippen LogP contribution in [0.15, 0.2) is 114 Å². The Morgan fingerprint density at radius 1 is 0.743 bits per heavy atom. The molecular weight excluding hydrogens is 468 g/mol. The molecule has 0 fully saturated rings. The fourth-order valence-electron chi connectivity index (χ4n) is 4.96. The van der Waals surface area contributed by atoms with Crippen molar-refractivity contribution in [2.45, 2.75) is 22.8 Å². The van der Waals surface area contributed by atoms with Gasteiger partial charge in [0.15, 0.2) is 15.0 Å². The molecule has 0 bridgehead atoms. The van der Waals surface area contributed by atoms with Crippen molar-refractivity contribution in [1.82, 2.24) is 0 Å². The third-order valence-electron chi connectivity index (χ3n) is 6.58. The molecule has 172 valence electrons. The fourth-order valence-corrected chi connectivity index (χ4v) is 8.52. The van der Waals surface area contributed by atoms with Crippen LogP contribution in [0.5, 0.6) is 0 Å². The van der Waals surface area contributed by atoms with Crippen LogP contribution in [0, 0.1) is 6.92 Å². The lowest BCUT2D eigenvalue weighted by Gasteiger charge is -2.37. The second kappa shape index (κ2) is 8.43. The van der Waals surface area contributed by atoms with E-state index in [4.69, 9.17) is 5.10 Å². The Kier molecular flexibility index (Phi) is 5.35. The lowest BCUT2D eigenvalue weighted by molar-refractivity contribution is -0.110. The minimum atomic E-state index is -0.626. The van der Waals surface area contributed by atoms with E-state index in [2.05, 4.69) is 121 Å². The van der Waals surface area contributed by atoms with E-state index < -0.39 is 8.95 Å². The fraction of sp³-hybridized carbons (Fsp3) is 0.133. The van der Waals surface area contributed by atoms with E-state index in [-0.39, 0.29) is 5.78 Å². The molecule has 5 heteroatoms. The molecule has 0 radical (unpaired) electrons. The van der Waals surface area contributed by atoms with Crippen LogP contribution in [0.1, 0.15) is 34.7 Å². The maximum absolute atomic E-state index is 12.6. The number of hydrogen-bond donors (Lipinski definition) is 0. The van der Waals surface area contributed by atoms with Gasteiger partial charge in [0.2, 0.25) is 0 Å². The zero-order valence-electron chi connectivity index (χ0n) is 19.5. The van der Waals surface area contributed by atoms with Crippen LogP contribution in [-0.2, 0) is 13.7 Å². The number of aryl methyl sites for hydroxylation is 1. The lowest BCUT2D eigenvalue weighted by atomic mass is 9.82. The number of anilines is 1. The summed E-state index contributed by atoms with van der Waals surface area (Å²) in [7, 11) is 0. The first-order chi connectivity index (χ1) is 17.0. The zero-order chi connectivity index (χ0) is 24.0. The summed E-state index contributed by atoms with van der Waals surface area (Å²) >= 11 is 3.41. The van der Waals surface area contributed by atoms with E-state index in [1.807, 2.05) is 11.8 Å². The molecule has 1 unspecified atom stereocenters. The van der Waals surface area contributed by atoms with Crippen molar-refractivity contribution >= 4 is 40.0 Å². The van der Waals surface area contributed by atoms with Gasteiger partial charge in [-0.15, -0.1) is 0 Å². The number of carbonyl (C=O) groups excluding carboxylic acids is 1. The molecule has 0 aliphatic carbocycles. The summed E-state index contributed by atoms with van der Waals surface area (Å²) in [5, 5.41) is 7.51. The van der Waals surface area contributed by atoms with Gasteiger partial charge in [0.05, 0.1) is 10.4 Å². The number of fused-ring (bicyclic) bond motifs is 2. The number of benzene rings is 4. The molecule has 0 amide bonds. The topological polar surface area (TPSA) is 32.7 Å². The Morgan fingerprint density at radius 2 is 1.29 bits per heavy atom. The quantitative estimate of drug-likeness (QED) is 0.299. The van der Waals surface area contributed by atoms with E-state index in [0.29, 0.717) is 5.04 Å². The molecule has 35 heavy (non-hydrogen) atoms. The van der Waals surface area contributed by atoms with Crippen LogP contribution in [0.4, 0.5) is 5.69 Å². The molecule has 2 aliphatic rings. The third-order valence-corrected chi connectivity index (χ3v) is 9.98. The number of hydrazone groups is 1. The first kappa shape index (κ1) is 22.2. The van der Waals surface area contributed by atoms with Crippen molar-refractivity contribution in [2.24, 2.45) is 5.10 Å². The second-order valence-corrected chi connectivity index (χ2v) is 11.7. The molecule has 4 aromatic rings. The summed E-state index contributed by atoms with van der Waals surface area (Å²) < 4.78 is -1.09. The van der Waals surface area contributed by atoms with Crippen molar-refractivity contribution in [1.29, 1.82) is 0 Å². The monoisotopic (exact) mass is 492 g/mol. The van der Waals surface area contributed by atoms with Gasteiger partial charge in [0.25, 0.3) is 0 Å². The largest absolute Gasteiger partial charge is 0.292 e. The predicted molar refractivity (Wildman–Crippen MR) is 148 cm³/mol. The van der Waals surface area contributed by atoms with E-state index in [1.165, 1.54) is 27.8 Å². The van der Waals surface area contributed by atoms with Gasteiger partial charge in [-0.2, -0.15) is 5.10 Å². The van der Waals surface area contributed by atoms with Gasteiger partial charge >= 0.3 is 0 Å². The van der Waals surface area contributed by atoms with Crippen LogP contribution >= 0.6 is 23.5 Å². The Bertz CT molecular complexity index is 1390. The molecule has 4 aromatic carbocycles. The molecule has 1 atom stereocenters. The van der Waals surface area contributed by atoms with E-state index in [9.17, 15) is 4.79 Å². The normalized spacial score (nSPS) is 20.1. The summed E-state index contributed by atoms with van der Waals surface area (Å²) in [5.74, 6) is -0.0148. The van der Waals surface area contributed by atoms with Gasteiger partial charge in [-0.3, -0.25) is 4.79 Å². The highest BCUT2D eigenvalue weighted by Crippen LogP contribution is 2.70. The van der Waals surface area contributed by atoms with Crippen molar-refractivity contribution in [3.63, 3.8) is 0 Å². The van der Waals surface area contributed by atoms with E-state index in [0.717, 1.165) is 5.69 Å². The molecular formula is C30H24N2OS2. The first-order valence-electron chi connectivity index (χ1n) is 11.6. The molecule has 0 N–H and O–H groups in total. The molecule has 0 aromatic heterocycles. The van der Waals surface area contributed by atoms with Gasteiger partial charge < -0.3 is 0 Å². The number of ketones is 1. The number of carbonyl (C=O) groups is 1. The standard InChI is InChI=1S/C30H24N2OS2/c1-21-17-19-25(20-18-21)32-30(34-28(31-32)22(2)33)27-16-10-9-15-26(27)29(35-30,23-11-5-3-6-12-23)24-13-7-4-8-14-24/h3-20H,1-2H3. The summed E-state index contributed by atoms with van der Waals surface area (Å²) in [5.41, 5.74) is 6.98. The Balaban J connectivity index is 1.64. The third kappa shape index (κ3) is 3.37. The second-order valence-electron chi connectivity index (χ2n) is 8.85. The Hall–Kier alpha value is -3.28. The predicted octanol–water partition coefficient (Wildman–Crippen LogP) is 7.30. The van der Waals surface area contributed by atoms with Crippen molar-refractivity contribution < 1.29 is 4.79 Å². The zero-order valence-corrected chi connectivity index (χ0v) is 21.1. The highest BCUT2D eigenvalue weighted by Gasteiger charge is 2.61. The van der Waals surface area contributed by atoms with Crippen molar-refractivity contribution in [3.8, 4) is 0 Å². The van der Waals surface area contributed by atoms with Gasteiger partial charge in [0.1, 0.15) is 0 Å². The van der Waals surface area contributed by atoms with Gasteiger partial charge in [-0.05, 0) is 35.7 Å².